The summed E-state index contributed by atoms with van der Waals surface area (Å²) in [6.07, 6.45) is -1.44. The van der Waals surface area contributed by atoms with Crippen LogP contribution >= 0.6 is 27.3 Å². The van der Waals surface area contributed by atoms with Crippen molar-refractivity contribution in [2.24, 2.45) is 0 Å². The van der Waals surface area contributed by atoms with Gasteiger partial charge in [-0.2, -0.15) is 0 Å². The van der Waals surface area contributed by atoms with Crippen LogP contribution in [-0.2, 0) is 4.79 Å². The Morgan fingerprint density at radius 3 is 2.69 bits per heavy atom. The number of aliphatic hydroxyl groups excluding tert-OH is 1. The Morgan fingerprint density at radius 1 is 1.50 bits per heavy atom. The second kappa shape index (κ2) is 5.97. The van der Waals surface area contributed by atoms with E-state index in [1.807, 2.05) is 0 Å². The van der Waals surface area contributed by atoms with Gasteiger partial charge in [-0.3, -0.25) is 4.79 Å². The first-order valence-corrected chi connectivity index (χ1v) is 6.06. The van der Waals surface area contributed by atoms with Crippen molar-refractivity contribution < 1.29 is 19.8 Å². The van der Waals surface area contributed by atoms with Crippen LogP contribution < -0.4 is 5.32 Å². The summed E-state index contributed by atoms with van der Waals surface area (Å²) < 4.78 is 0.850. The quantitative estimate of drug-likeness (QED) is 0.759. The van der Waals surface area contributed by atoms with Crippen LogP contribution in [0.4, 0.5) is 0 Å². The zero-order valence-electron chi connectivity index (χ0n) is 8.14. The van der Waals surface area contributed by atoms with Crippen molar-refractivity contribution in [3.8, 4) is 0 Å². The standard InChI is InChI=1S/C9H10BrNO4S/c10-7-2-1-6(16-7)8(13)11-4-3-5(12)9(14)15/h1-2,5,12H,3-4H2,(H,11,13)(H,14,15). The number of nitrogens with one attached hydrogen (secondary N) is 1. The van der Waals surface area contributed by atoms with E-state index in [0.717, 1.165) is 3.79 Å². The zero-order chi connectivity index (χ0) is 12.1. The summed E-state index contributed by atoms with van der Waals surface area (Å²) in [5.41, 5.74) is 0. The van der Waals surface area contributed by atoms with E-state index in [1.165, 1.54) is 11.3 Å². The summed E-state index contributed by atoms with van der Waals surface area (Å²) in [4.78, 5) is 22.3. The average Bonchev–Trinajstić information content (AvgIpc) is 2.64. The average molecular weight is 308 g/mol. The molecule has 1 aromatic rings. The number of thiophene rings is 1. The monoisotopic (exact) mass is 307 g/mol. The predicted octanol–water partition coefficient (Wildman–Crippen LogP) is 1.08. The number of carboxylic acids is 1. The van der Waals surface area contributed by atoms with Gasteiger partial charge in [-0.1, -0.05) is 0 Å². The highest BCUT2D eigenvalue weighted by atomic mass is 79.9. The molecule has 0 fully saturated rings. The van der Waals surface area contributed by atoms with Gasteiger partial charge in [0.05, 0.1) is 8.66 Å². The lowest BCUT2D eigenvalue weighted by Gasteiger charge is -2.05. The number of rotatable bonds is 5. The molecular formula is C9H10BrNO4S. The molecule has 0 radical (unpaired) electrons. The maximum Gasteiger partial charge on any atom is 0.332 e. The van der Waals surface area contributed by atoms with E-state index < -0.39 is 12.1 Å². The minimum absolute atomic E-state index is 0.00633. The molecule has 1 rings (SSSR count). The normalized spacial score (nSPS) is 12.1. The Balaban J connectivity index is 2.34. The Morgan fingerprint density at radius 2 is 2.19 bits per heavy atom. The fraction of sp³-hybridized carbons (Fsp3) is 0.333. The van der Waals surface area contributed by atoms with Gasteiger partial charge in [0, 0.05) is 13.0 Å². The van der Waals surface area contributed by atoms with Gasteiger partial charge in [0.15, 0.2) is 6.10 Å². The van der Waals surface area contributed by atoms with E-state index in [9.17, 15) is 9.59 Å². The molecule has 7 heteroatoms. The van der Waals surface area contributed by atoms with Gasteiger partial charge in [0.1, 0.15) is 0 Å². The fourth-order valence-corrected chi connectivity index (χ4v) is 2.27. The van der Waals surface area contributed by atoms with Crippen LogP contribution in [0.2, 0.25) is 0 Å². The number of hydrogen-bond acceptors (Lipinski definition) is 4. The van der Waals surface area contributed by atoms with Gasteiger partial charge < -0.3 is 15.5 Å². The number of halogens is 1. The van der Waals surface area contributed by atoms with Crippen molar-refractivity contribution in [2.45, 2.75) is 12.5 Å². The second-order valence-corrected chi connectivity index (χ2v) is 5.47. The molecule has 0 aliphatic carbocycles. The first-order valence-electron chi connectivity index (χ1n) is 4.45. The molecule has 1 heterocycles. The molecule has 1 amide bonds. The SMILES string of the molecule is O=C(NCCC(O)C(=O)O)c1ccc(Br)s1. The number of amides is 1. The van der Waals surface area contributed by atoms with E-state index in [0.29, 0.717) is 4.88 Å². The van der Waals surface area contributed by atoms with Crippen molar-refractivity contribution in [1.29, 1.82) is 0 Å². The summed E-state index contributed by atoms with van der Waals surface area (Å²) in [6, 6.07) is 3.42. The molecule has 5 nitrogen and oxygen atoms in total. The third-order valence-electron chi connectivity index (χ3n) is 1.79. The third-order valence-corrected chi connectivity index (χ3v) is 3.41. The number of carboxylic acid groups (broad SMARTS) is 1. The zero-order valence-corrected chi connectivity index (χ0v) is 10.5. The van der Waals surface area contributed by atoms with E-state index in [1.54, 1.807) is 12.1 Å². The van der Waals surface area contributed by atoms with Crippen molar-refractivity contribution in [2.75, 3.05) is 6.54 Å². The molecule has 0 spiro atoms. The number of hydrogen-bond donors (Lipinski definition) is 3. The van der Waals surface area contributed by atoms with Gasteiger partial charge in [-0.15, -0.1) is 11.3 Å². The molecule has 1 aromatic heterocycles. The molecule has 0 saturated carbocycles. The van der Waals surface area contributed by atoms with Gasteiger partial charge in [0.25, 0.3) is 5.91 Å². The fourth-order valence-electron chi connectivity index (χ4n) is 0.969. The highest BCUT2D eigenvalue weighted by Crippen LogP contribution is 2.21. The number of carbonyl (C=O) groups excluding carboxylic acids is 1. The highest BCUT2D eigenvalue weighted by Gasteiger charge is 2.13. The smallest absolute Gasteiger partial charge is 0.332 e. The summed E-state index contributed by atoms with van der Waals surface area (Å²) in [5.74, 6) is -1.55. The molecule has 88 valence electrons. The van der Waals surface area contributed by atoms with Crippen molar-refractivity contribution in [1.82, 2.24) is 5.32 Å². The lowest BCUT2D eigenvalue weighted by Crippen LogP contribution is -2.29. The van der Waals surface area contributed by atoms with Crippen LogP contribution in [0.15, 0.2) is 15.9 Å². The molecule has 3 N–H and O–H groups in total. The van der Waals surface area contributed by atoms with Crippen LogP contribution in [0, 0.1) is 0 Å². The van der Waals surface area contributed by atoms with Crippen LogP contribution in [0.3, 0.4) is 0 Å². The largest absolute Gasteiger partial charge is 0.479 e. The maximum atomic E-state index is 11.5. The minimum atomic E-state index is -1.43. The Hall–Kier alpha value is -0.920. The molecule has 0 aliphatic heterocycles. The van der Waals surface area contributed by atoms with E-state index in [2.05, 4.69) is 21.2 Å². The Labute approximate surface area is 104 Å². The van der Waals surface area contributed by atoms with Crippen LogP contribution in [0.1, 0.15) is 16.1 Å². The van der Waals surface area contributed by atoms with Crippen LogP contribution in [-0.4, -0.2) is 34.7 Å². The van der Waals surface area contributed by atoms with Gasteiger partial charge in [0.2, 0.25) is 0 Å². The summed E-state index contributed by atoms with van der Waals surface area (Å²) in [5, 5.41) is 19.9. The maximum absolute atomic E-state index is 11.5. The molecule has 1 atom stereocenters. The van der Waals surface area contributed by atoms with Gasteiger partial charge in [-0.05, 0) is 28.1 Å². The van der Waals surface area contributed by atoms with Gasteiger partial charge in [-0.25, -0.2) is 4.79 Å². The number of aliphatic hydroxyl groups is 1. The highest BCUT2D eigenvalue weighted by molar-refractivity contribution is 9.11. The lowest BCUT2D eigenvalue weighted by atomic mass is 10.2. The molecule has 0 aliphatic rings. The Bertz CT molecular complexity index is 393. The lowest BCUT2D eigenvalue weighted by molar-refractivity contribution is -0.146. The van der Waals surface area contributed by atoms with Crippen LogP contribution in [0.25, 0.3) is 0 Å². The summed E-state index contributed by atoms with van der Waals surface area (Å²) in [6.45, 7) is 0.127. The Kier molecular flexibility index (Phi) is 4.91. The van der Waals surface area contributed by atoms with Crippen molar-refractivity contribution >= 4 is 39.1 Å². The van der Waals surface area contributed by atoms with Gasteiger partial charge >= 0.3 is 5.97 Å². The molecule has 0 saturated heterocycles. The second-order valence-electron chi connectivity index (χ2n) is 3.00. The van der Waals surface area contributed by atoms with Crippen molar-refractivity contribution in [3.63, 3.8) is 0 Å². The molecule has 0 bridgehead atoms. The first kappa shape index (κ1) is 13.1. The van der Waals surface area contributed by atoms with E-state index in [4.69, 9.17) is 10.2 Å². The third kappa shape index (κ3) is 3.92. The molecular weight excluding hydrogens is 298 g/mol. The minimum Gasteiger partial charge on any atom is -0.479 e. The molecule has 0 aromatic carbocycles. The van der Waals surface area contributed by atoms with E-state index in [-0.39, 0.29) is 18.9 Å². The van der Waals surface area contributed by atoms with Crippen molar-refractivity contribution in [3.05, 3.63) is 20.8 Å². The number of carbonyl (C=O) groups is 2. The molecule has 1 unspecified atom stereocenters. The van der Waals surface area contributed by atoms with E-state index >= 15 is 0 Å². The molecule has 16 heavy (non-hydrogen) atoms. The summed E-state index contributed by atoms with van der Waals surface area (Å²) in [7, 11) is 0. The predicted molar refractivity (Wildman–Crippen MR) is 62.6 cm³/mol. The van der Waals surface area contributed by atoms with Crippen LogP contribution in [0.5, 0.6) is 0 Å². The first-order chi connectivity index (χ1) is 7.50. The topological polar surface area (TPSA) is 86.6 Å². The number of aliphatic carboxylic acids is 1. The summed E-state index contributed by atoms with van der Waals surface area (Å²) >= 11 is 4.52.